The minimum atomic E-state index is -1.20. The van der Waals surface area contributed by atoms with E-state index in [1.165, 1.54) is 26.8 Å². The van der Waals surface area contributed by atoms with Crippen LogP contribution in [0.2, 0.25) is 0 Å². The minimum Gasteiger partial charge on any atom is -0.458 e. The number of hydrogen-bond acceptors (Lipinski definition) is 8. The van der Waals surface area contributed by atoms with E-state index >= 15 is 0 Å². The van der Waals surface area contributed by atoms with Crippen LogP contribution in [-0.4, -0.2) is 48.3 Å². The molecular weight excluding hydrogens is 368 g/mol. The maximum Gasteiger partial charge on any atom is 0.330 e. The summed E-state index contributed by atoms with van der Waals surface area (Å²) >= 11 is 0. The molecule has 8 nitrogen and oxygen atoms in total. The lowest BCUT2D eigenvalue weighted by Gasteiger charge is -2.35. The first-order chi connectivity index (χ1) is 13.2. The standard InChI is InChI=1S/C20H30O8/c1-7-10-12-17(25-13(4)21)20(27-15(6)23)19(26-14(5)22)16(11-8-2)28-18(24)9-3/h8-9,16-17,19-20H,2-3,7,10-12H2,1,4-6H3/t16-,17+,19-,20-/m1/s1. The van der Waals surface area contributed by atoms with Gasteiger partial charge in [0.15, 0.2) is 12.2 Å². The molecule has 0 fully saturated rings. The zero-order valence-electron chi connectivity index (χ0n) is 17.0. The van der Waals surface area contributed by atoms with Crippen molar-refractivity contribution in [2.45, 2.75) is 77.8 Å². The van der Waals surface area contributed by atoms with Crippen molar-refractivity contribution >= 4 is 23.9 Å². The summed E-state index contributed by atoms with van der Waals surface area (Å²) < 4.78 is 21.4. The predicted molar refractivity (Wildman–Crippen MR) is 101 cm³/mol. The molecule has 0 aromatic rings. The van der Waals surface area contributed by atoms with E-state index in [4.69, 9.17) is 18.9 Å². The molecular formula is C20H30O8. The summed E-state index contributed by atoms with van der Waals surface area (Å²) in [5.74, 6) is -2.67. The molecule has 0 saturated carbocycles. The SMILES string of the molecule is C=CC[C@@H](OC(=O)C=C)[C@@H](OC(C)=O)[C@H](OC(C)=O)[C@H](CCCC)OC(C)=O. The van der Waals surface area contributed by atoms with Gasteiger partial charge in [0.2, 0.25) is 0 Å². The Morgan fingerprint density at radius 2 is 1.32 bits per heavy atom. The Morgan fingerprint density at radius 1 is 0.821 bits per heavy atom. The van der Waals surface area contributed by atoms with Gasteiger partial charge in [-0.15, -0.1) is 6.58 Å². The Kier molecular flexibility index (Phi) is 12.2. The summed E-state index contributed by atoms with van der Waals surface area (Å²) in [5.41, 5.74) is 0. The molecule has 0 unspecified atom stereocenters. The van der Waals surface area contributed by atoms with Crippen molar-refractivity contribution < 1.29 is 38.1 Å². The summed E-state index contributed by atoms with van der Waals surface area (Å²) in [7, 11) is 0. The van der Waals surface area contributed by atoms with Gasteiger partial charge < -0.3 is 18.9 Å². The topological polar surface area (TPSA) is 105 Å². The Labute approximate surface area is 165 Å². The Morgan fingerprint density at radius 3 is 1.71 bits per heavy atom. The van der Waals surface area contributed by atoms with E-state index in [1.54, 1.807) is 0 Å². The molecule has 0 aliphatic heterocycles. The van der Waals surface area contributed by atoms with Crippen LogP contribution in [0.15, 0.2) is 25.3 Å². The van der Waals surface area contributed by atoms with Crippen molar-refractivity contribution in [2.24, 2.45) is 0 Å². The number of rotatable bonds is 13. The van der Waals surface area contributed by atoms with Crippen molar-refractivity contribution in [3.63, 3.8) is 0 Å². The fraction of sp³-hybridized carbons (Fsp3) is 0.600. The highest BCUT2D eigenvalue weighted by Gasteiger charge is 2.42. The molecule has 0 saturated heterocycles. The molecule has 0 heterocycles. The maximum absolute atomic E-state index is 11.7. The van der Waals surface area contributed by atoms with E-state index in [2.05, 4.69) is 13.2 Å². The number of carbonyl (C=O) groups excluding carboxylic acids is 4. The van der Waals surface area contributed by atoms with Crippen LogP contribution >= 0.6 is 0 Å². The van der Waals surface area contributed by atoms with Crippen LogP contribution in [0.25, 0.3) is 0 Å². The number of esters is 4. The molecule has 0 spiro atoms. The average Bonchev–Trinajstić information content (AvgIpc) is 2.60. The van der Waals surface area contributed by atoms with Gasteiger partial charge in [0, 0.05) is 33.3 Å². The van der Waals surface area contributed by atoms with Gasteiger partial charge in [0.1, 0.15) is 12.2 Å². The van der Waals surface area contributed by atoms with Gasteiger partial charge >= 0.3 is 23.9 Å². The molecule has 0 aromatic heterocycles. The lowest BCUT2D eigenvalue weighted by Crippen LogP contribution is -2.51. The molecule has 0 bridgehead atoms. The molecule has 0 amide bonds. The molecule has 0 aliphatic carbocycles. The summed E-state index contributed by atoms with van der Waals surface area (Å²) in [4.78, 5) is 46.8. The average molecular weight is 398 g/mol. The monoisotopic (exact) mass is 398 g/mol. The van der Waals surface area contributed by atoms with E-state index in [1.807, 2.05) is 6.92 Å². The largest absolute Gasteiger partial charge is 0.458 e. The Hall–Kier alpha value is -2.64. The number of ether oxygens (including phenoxy) is 4. The van der Waals surface area contributed by atoms with Gasteiger partial charge in [-0.05, 0) is 12.8 Å². The Balaban J connectivity index is 6.08. The third-order valence-corrected chi connectivity index (χ3v) is 3.65. The molecule has 0 aromatic carbocycles. The van der Waals surface area contributed by atoms with Crippen LogP contribution in [0.1, 0.15) is 53.4 Å². The molecule has 0 rings (SSSR count). The fourth-order valence-corrected chi connectivity index (χ4v) is 2.61. The number of carbonyl (C=O) groups is 4. The van der Waals surface area contributed by atoms with Crippen LogP contribution in [0, 0.1) is 0 Å². The quantitative estimate of drug-likeness (QED) is 0.202. The van der Waals surface area contributed by atoms with E-state index in [0.717, 1.165) is 12.5 Å². The van der Waals surface area contributed by atoms with Gasteiger partial charge in [0.25, 0.3) is 0 Å². The predicted octanol–water partition coefficient (Wildman–Crippen LogP) is 2.65. The van der Waals surface area contributed by atoms with Crippen molar-refractivity contribution in [1.82, 2.24) is 0 Å². The number of hydrogen-bond donors (Lipinski definition) is 0. The van der Waals surface area contributed by atoms with Gasteiger partial charge in [-0.1, -0.05) is 26.0 Å². The van der Waals surface area contributed by atoms with Crippen molar-refractivity contribution in [2.75, 3.05) is 0 Å². The van der Waals surface area contributed by atoms with E-state index in [9.17, 15) is 19.2 Å². The van der Waals surface area contributed by atoms with E-state index in [-0.39, 0.29) is 6.42 Å². The van der Waals surface area contributed by atoms with Crippen LogP contribution in [0.5, 0.6) is 0 Å². The summed E-state index contributed by atoms with van der Waals surface area (Å²) in [5, 5.41) is 0. The lowest BCUT2D eigenvalue weighted by atomic mass is 9.96. The first-order valence-electron chi connectivity index (χ1n) is 9.11. The second-order valence-corrected chi connectivity index (χ2v) is 6.14. The smallest absolute Gasteiger partial charge is 0.330 e. The number of unbranched alkanes of at least 4 members (excludes halogenated alkanes) is 1. The van der Waals surface area contributed by atoms with Crippen molar-refractivity contribution in [3.05, 3.63) is 25.3 Å². The van der Waals surface area contributed by atoms with Crippen LogP contribution in [0.4, 0.5) is 0 Å². The third-order valence-electron chi connectivity index (χ3n) is 3.65. The summed E-state index contributed by atoms with van der Waals surface area (Å²) in [6.45, 7) is 12.5. The summed E-state index contributed by atoms with van der Waals surface area (Å²) in [6.07, 6.45) is 0.0845. The van der Waals surface area contributed by atoms with Crippen molar-refractivity contribution in [3.8, 4) is 0 Å². The molecule has 0 N–H and O–H groups in total. The summed E-state index contributed by atoms with van der Waals surface area (Å²) in [6, 6.07) is 0. The van der Waals surface area contributed by atoms with Crippen LogP contribution in [0.3, 0.4) is 0 Å². The molecule has 158 valence electrons. The van der Waals surface area contributed by atoms with E-state index in [0.29, 0.717) is 12.8 Å². The van der Waals surface area contributed by atoms with Crippen molar-refractivity contribution in [1.29, 1.82) is 0 Å². The molecule has 4 atom stereocenters. The first kappa shape index (κ1) is 25.4. The highest BCUT2D eigenvalue weighted by atomic mass is 16.6. The second-order valence-electron chi connectivity index (χ2n) is 6.14. The first-order valence-corrected chi connectivity index (χ1v) is 9.11. The third kappa shape index (κ3) is 9.89. The highest BCUT2D eigenvalue weighted by molar-refractivity contribution is 5.81. The molecule has 0 radical (unpaired) electrons. The van der Waals surface area contributed by atoms with E-state index < -0.39 is 48.3 Å². The van der Waals surface area contributed by atoms with Crippen LogP contribution in [-0.2, 0) is 38.1 Å². The van der Waals surface area contributed by atoms with Gasteiger partial charge in [-0.3, -0.25) is 14.4 Å². The van der Waals surface area contributed by atoms with Gasteiger partial charge in [-0.25, -0.2) is 4.79 Å². The lowest BCUT2D eigenvalue weighted by molar-refractivity contribution is -0.197. The Bertz CT molecular complexity index is 569. The zero-order chi connectivity index (χ0) is 21.7. The van der Waals surface area contributed by atoms with Gasteiger partial charge in [-0.2, -0.15) is 0 Å². The fourth-order valence-electron chi connectivity index (χ4n) is 2.61. The molecule has 8 heteroatoms. The minimum absolute atomic E-state index is 0.107. The second kappa shape index (κ2) is 13.5. The maximum atomic E-state index is 11.7. The molecule has 28 heavy (non-hydrogen) atoms. The highest BCUT2D eigenvalue weighted by Crippen LogP contribution is 2.24. The van der Waals surface area contributed by atoms with Gasteiger partial charge in [0.05, 0.1) is 0 Å². The zero-order valence-corrected chi connectivity index (χ0v) is 17.0. The molecule has 0 aliphatic rings. The van der Waals surface area contributed by atoms with Crippen LogP contribution < -0.4 is 0 Å². The normalized spacial score (nSPS) is 14.6.